The monoisotopic (exact) mass is 475 g/mol. The maximum absolute atomic E-state index is 13.6. The Labute approximate surface area is 201 Å². The molecule has 1 N–H and O–H groups in total. The molecule has 1 saturated carbocycles. The summed E-state index contributed by atoms with van der Waals surface area (Å²) in [7, 11) is 0. The summed E-state index contributed by atoms with van der Waals surface area (Å²) in [5.74, 6) is -2.87. The zero-order chi connectivity index (χ0) is 24.4. The summed E-state index contributed by atoms with van der Waals surface area (Å²) in [6.45, 7) is -0.234. The molecule has 0 radical (unpaired) electrons. The maximum Gasteiger partial charge on any atom is 0.295 e. The number of hydrogen-bond acceptors (Lipinski definition) is 8. The van der Waals surface area contributed by atoms with Gasteiger partial charge >= 0.3 is 0 Å². The molecule has 1 amide bonds. The fourth-order valence-corrected chi connectivity index (χ4v) is 5.06. The summed E-state index contributed by atoms with van der Waals surface area (Å²) in [6, 6.07) is 11.2. The number of aliphatic hydroxyl groups excluding tert-OH is 1. The van der Waals surface area contributed by atoms with Crippen LogP contribution in [-0.4, -0.2) is 45.9 Å². The Hall–Kier alpha value is -3.85. The number of benzene rings is 1. The first-order valence-corrected chi connectivity index (χ1v) is 11.7. The molecule has 2 unspecified atom stereocenters. The highest BCUT2D eigenvalue weighted by Crippen LogP contribution is 2.45. The van der Waals surface area contributed by atoms with E-state index in [1.165, 1.54) is 17.4 Å². The van der Waals surface area contributed by atoms with Gasteiger partial charge in [0.25, 0.3) is 5.91 Å². The van der Waals surface area contributed by atoms with E-state index in [2.05, 4.69) is 10.1 Å². The van der Waals surface area contributed by atoms with Gasteiger partial charge in [-0.05, 0) is 37.1 Å². The number of amides is 1. The van der Waals surface area contributed by atoms with Gasteiger partial charge < -0.3 is 14.4 Å². The Morgan fingerprint density at radius 1 is 1.11 bits per heavy atom. The SMILES string of the molecule is O=C1C(=O)N(c2ccc(-c3ccon3)cc2)C(c2cccnc2OCCO)C1C(=O)C1CCCC1. The zero-order valence-electron chi connectivity index (χ0n) is 19.0. The molecule has 1 aliphatic carbocycles. The van der Waals surface area contributed by atoms with E-state index in [-0.39, 0.29) is 30.8 Å². The minimum absolute atomic E-state index is 0.00768. The van der Waals surface area contributed by atoms with E-state index in [0.717, 1.165) is 31.2 Å². The number of anilines is 1. The molecule has 1 aromatic carbocycles. The Morgan fingerprint density at radius 2 is 1.89 bits per heavy atom. The number of hydrogen-bond donors (Lipinski definition) is 1. The number of ether oxygens (including phenoxy) is 1. The molecule has 2 aromatic heterocycles. The molecule has 2 atom stereocenters. The third-order valence-electron chi connectivity index (χ3n) is 6.70. The van der Waals surface area contributed by atoms with Gasteiger partial charge in [0.1, 0.15) is 30.3 Å². The first-order chi connectivity index (χ1) is 17.1. The molecule has 9 heteroatoms. The second kappa shape index (κ2) is 9.79. The Balaban J connectivity index is 1.59. The van der Waals surface area contributed by atoms with Crippen molar-refractivity contribution in [1.29, 1.82) is 0 Å². The molecule has 1 aliphatic heterocycles. The van der Waals surface area contributed by atoms with E-state index in [1.54, 1.807) is 42.5 Å². The highest BCUT2D eigenvalue weighted by Gasteiger charge is 2.54. The topological polar surface area (TPSA) is 123 Å². The number of rotatable bonds is 8. The van der Waals surface area contributed by atoms with E-state index < -0.39 is 23.7 Å². The van der Waals surface area contributed by atoms with Crippen LogP contribution in [0.15, 0.2) is 59.4 Å². The van der Waals surface area contributed by atoms with Gasteiger partial charge in [-0.2, -0.15) is 0 Å². The van der Waals surface area contributed by atoms with Gasteiger partial charge in [0.15, 0.2) is 0 Å². The second-order valence-corrected chi connectivity index (χ2v) is 8.75. The van der Waals surface area contributed by atoms with Crippen LogP contribution in [0.2, 0.25) is 0 Å². The number of carbonyl (C=O) groups is 3. The molecule has 180 valence electrons. The molecule has 0 bridgehead atoms. The highest BCUT2D eigenvalue weighted by atomic mass is 16.5. The number of ketones is 2. The van der Waals surface area contributed by atoms with Crippen LogP contribution in [0, 0.1) is 11.8 Å². The average Bonchev–Trinajstić information content (AvgIpc) is 3.65. The van der Waals surface area contributed by atoms with Gasteiger partial charge in [-0.25, -0.2) is 4.98 Å². The molecule has 9 nitrogen and oxygen atoms in total. The van der Waals surface area contributed by atoms with Crippen LogP contribution in [0.1, 0.15) is 37.3 Å². The van der Waals surface area contributed by atoms with Gasteiger partial charge in [-0.3, -0.25) is 19.3 Å². The van der Waals surface area contributed by atoms with Gasteiger partial charge in [0, 0.05) is 35.0 Å². The minimum Gasteiger partial charge on any atom is -0.475 e. The Kier molecular flexibility index (Phi) is 6.41. The van der Waals surface area contributed by atoms with Gasteiger partial charge in [0.2, 0.25) is 11.7 Å². The van der Waals surface area contributed by atoms with Crippen molar-refractivity contribution in [3.8, 4) is 17.1 Å². The molecule has 1 saturated heterocycles. The summed E-state index contributed by atoms with van der Waals surface area (Å²) < 4.78 is 10.5. The molecule has 0 spiro atoms. The third kappa shape index (κ3) is 4.23. The Morgan fingerprint density at radius 3 is 2.57 bits per heavy atom. The van der Waals surface area contributed by atoms with Crippen molar-refractivity contribution in [3.63, 3.8) is 0 Å². The van der Waals surface area contributed by atoms with Crippen molar-refractivity contribution in [2.24, 2.45) is 11.8 Å². The van der Waals surface area contributed by atoms with Crippen molar-refractivity contribution >= 4 is 23.2 Å². The summed E-state index contributed by atoms with van der Waals surface area (Å²) in [5.41, 5.74) is 2.35. The van der Waals surface area contributed by atoms with Gasteiger partial charge in [-0.1, -0.05) is 30.1 Å². The number of aliphatic hydroxyl groups is 1. The molecular formula is C26H25N3O6. The first kappa shape index (κ1) is 22.9. The quantitative estimate of drug-likeness (QED) is 0.389. The van der Waals surface area contributed by atoms with E-state index in [9.17, 15) is 19.5 Å². The van der Waals surface area contributed by atoms with Crippen LogP contribution >= 0.6 is 0 Å². The molecule has 2 aliphatic rings. The van der Waals surface area contributed by atoms with Crippen molar-refractivity contribution in [1.82, 2.24) is 10.1 Å². The number of Topliss-reactive ketones (excluding diaryl/α,β-unsaturated/α-hetero) is 2. The van der Waals surface area contributed by atoms with Crippen LogP contribution in [0.3, 0.4) is 0 Å². The van der Waals surface area contributed by atoms with E-state index in [0.29, 0.717) is 16.9 Å². The minimum atomic E-state index is -1.15. The predicted octanol–water partition coefficient (Wildman–Crippen LogP) is 3.14. The van der Waals surface area contributed by atoms with Crippen molar-refractivity contribution in [2.45, 2.75) is 31.7 Å². The maximum atomic E-state index is 13.6. The van der Waals surface area contributed by atoms with Crippen molar-refractivity contribution < 1.29 is 28.8 Å². The number of aromatic nitrogens is 2. The second-order valence-electron chi connectivity index (χ2n) is 8.75. The number of pyridine rings is 1. The van der Waals surface area contributed by atoms with E-state index >= 15 is 0 Å². The summed E-state index contributed by atoms with van der Waals surface area (Å²) in [6.07, 6.45) is 6.30. The van der Waals surface area contributed by atoms with Gasteiger partial charge in [-0.15, -0.1) is 0 Å². The summed E-state index contributed by atoms with van der Waals surface area (Å²) in [4.78, 5) is 45.9. The fourth-order valence-electron chi connectivity index (χ4n) is 5.06. The highest BCUT2D eigenvalue weighted by molar-refractivity contribution is 6.48. The van der Waals surface area contributed by atoms with E-state index in [4.69, 9.17) is 9.26 Å². The van der Waals surface area contributed by atoms with Crippen LogP contribution in [0.25, 0.3) is 11.3 Å². The third-order valence-corrected chi connectivity index (χ3v) is 6.70. The van der Waals surface area contributed by atoms with Crippen molar-refractivity contribution in [2.75, 3.05) is 18.1 Å². The van der Waals surface area contributed by atoms with E-state index in [1.807, 2.05) is 0 Å². The van der Waals surface area contributed by atoms with Gasteiger partial charge in [0.05, 0.1) is 12.6 Å². The lowest BCUT2D eigenvalue weighted by molar-refractivity contribution is -0.140. The average molecular weight is 476 g/mol. The lowest BCUT2D eigenvalue weighted by Crippen LogP contribution is -2.33. The predicted molar refractivity (Wildman–Crippen MR) is 124 cm³/mol. The number of nitrogens with zero attached hydrogens (tertiary/aromatic N) is 3. The lowest BCUT2D eigenvalue weighted by Gasteiger charge is -2.29. The Bertz CT molecular complexity index is 1220. The van der Waals surface area contributed by atoms with Crippen LogP contribution < -0.4 is 9.64 Å². The van der Waals surface area contributed by atoms with Crippen molar-refractivity contribution in [3.05, 3.63) is 60.5 Å². The molecule has 3 heterocycles. The lowest BCUT2D eigenvalue weighted by atomic mass is 9.83. The molecular weight excluding hydrogens is 450 g/mol. The van der Waals surface area contributed by atoms with Crippen LogP contribution in [0.5, 0.6) is 5.88 Å². The fraction of sp³-hybridized carbons (Fsp3) is 0.346. The molecule has 5 rings (SSSR count). The first-order valence-electron chi connectivity index (χ1n) is 11.7. The summed E-state index contributed by atoms with van der Waals surface area (Å²) in [5, 5.41) is 13.2. The largest absolute Gasteiger partial charge is 0.475 e. The van der Waals surface area contributed by atoms with Crippen LogP contribution in [0.4, 0.5) is 5.69 Å². The smallest absolute Gasteiger partial charge is 0.295 e. The zero-order valence-corrected chi connectivity index (χ0v) is 19.0. The normalized spacial score (nSPS) is 20.5. The summed E-state index contributed by atoms with van der Waals surface area (Å²) >= 11 is 0. The number of carbonyl (C=O) groups excluding carboxylic acids is 3. The molecule has 2 fully saturated rings. The molecule has 3 aromatic rings. The standard InChI is InChI=1S/C26H25N3O6/c30-13-15-34-25-19(6-3-12-27-25)22-21(23(31)17-4-1-2-5-17)24(32)26(33)29(22)18-9-7-16(8-10-18)20-11-14-35-28-20/h3,6-12,14,17,21-22,30H,1-2,4-5,13,15H2. The molecule has 35 heavy (non-hydrogen) atoms. The van der Waals surface area contributed by atoms with Crippen LogP contribution in [-0.2, 0) is 14.4 Å².